The van der Waals surface area contributed by atoms with Crippen LogP contribution in [0.15, 0.2) is 0 Å². The molecular formula is C25H44O6. The lowest BCUT2D eigenvalue weighted by Gasteiger charge is -2.56. The van der Waals surface area contributed by atoms with Crippen molar-refractivity contribution in [3.8, 4) is 0 Å². The molecule has 5 atom stereocenters. The molecule has 180 valence electrons. The SMILES string of the molecule is CCC1(O)CC2(O)CC(C)CC(OC(=O)COC(=O)C(CC(C)(C)C)C(C)(C)C)(C1)C2. The number of rotatable bonds is 6. The fourth-order valence-electron chi connectivity index (χ4n) is 5.86. The van der Waals surface area contributed by atoms with Gasteiger partial charge in [-0.3, -0.25) is 4.79 Å². The van der Waals surface area contributed by atoms with Gasteiger partial charge in [-0.2, -0.15) is 0 Å². The zero-order chi connectivity index (χ0) is 23.9. The molecule has 2 aliphatic carbocycles. The van der Waals surface area contributed by atoms with Crippen LogP contribution in [-0.4, -0.2) is 45.6 Å². The average Bonchev–Trinajstić information content (AvgIpc) is 2.53. The summed E-state index contributed by atoms with van der Waals surface area (Å²) in [6, 6.07) is 0. The Hall–Kier alpha value is -1.14. The van der Waals surface area contributed by atoms with Gasteiger partial charge in [0.1, 0.15) is 5.60 Å². The van der Waals surface area contributed by atoms with Crippen molar-refractivity contribution in [3.63, 3.8) is 0 Å². The van der Waals surface area contributed by atoms with Gasteiger partial charge in [0, 0.05) is 19.3 Å². The largest absolute Gasteiger partial charge is 0.456 e. The second kappa shape index (κ2) is 8.66. The molecule has 6 nitrogen and oxygen atoms in total. The van der Waals surface area contributed by atoms with E-state index in [4.69, 9.17) is 9.47 Å². The van der Waals surface area contributed by atoms with E-state index in [1.807, 2.05) is 34.6 Å². The monoisotopic (exact) mass is 440 g/mol. The summed E-state index contributed by atoms with van der Waals surface area (Å²) >= 11 is 0. The lowest BCUT2D eigenvalue weighted by atomic mass is 9.58. The fourth-order valence-corrected chi connectivity index (χ4v) is 5.86. The van der Waals surface area contributed by atoms with E-state index in [1.54, 1.807) is 0 Å². The molecule has 0 heterocycles. The van der Waals surface area contributed by atoms with Gasteiger partial charge in [0.15, 0.2) is 6.61 Å². The van der Waals surface area contributed by atoms with Gasteiger partial charge in [0.25, 0.3) is 0 Å². The summed E-state index contributed by atoms with van der Waals surface area (Å²) in [5, 5.41) is 22.0. The first-order valence-electron chi connectivity index (χ1n) is 11.7. The Balaban J connectivity index is 2.07. The number of carbonyl (C=O) groups excluding carboxylic acids is 2. The third kappa shape index (κ3) is 6.92. The topological polar surface area (TPSA) is 93.1 Å². The van der Waals surface area contributed by atoms with Crippen molar-refractivity contribution in [1.82, 2.24) is 0 Å². The summed E-state index contributed by atoms with van der Waals surface area (Å²) < 4.78 is 11.3. The van der Waals surface area contributed by atoms with Crippen molar-refractivity contribution < 1.29 is 29.3 Å². The van der Waals surface area contributed by atoms with E-state index in [1.165, 1.54) is 0 Å². The third-order valence-corrected chi connectivity index (χ3v) is 6.88. The highest BCUT2D eigenvalue weighted by Crippen LogP contribution is 2.53. The van der Waals surface area contributed by atoms with E-state index >= 15 is 0 Å². The Kier molecular flexibility index (Phi) is 7.30. The van der Waals surface area contributed by atoms with Crippen LogP contribution in [0, 0.1) is 22.7 Å². The molecule has 0 radical (unpaired) electrons. The zero-order valence-corrected chi connectivity index (χ0v) is 20.8. The van der Waals surface area contributed by atoms with Crippen LogP contribution in [0.25, 0.3) is 0 Å². The molecule has 2 N–H and O–H groups in total. The van der Waals surface area contributed by atoms with Gasteiger partial charge in [-0.05, 0) is 42.4 Å². The molecule has 0 spiro atoms. The van der Waals surface area contributed by atoms with Crippen molar-refractivity contribution in [3.05, 3.63) is 0 Å². The van der Waals surface area contributed by atoms with E-state index in [-0.39, 0.29) is 28.6 Å². The number of hydrogen-bond acceptors (Lipinski definition) is 6. The number of fused-ring (bicyclic) bond motifs is 2. The molecule has 0 aromatic rings. The minimum atomic E-state index is -1.06. The molecule has 2 saturated carbocycles. The average molecular weight is 441 g/mol. The van der Waals surface area contributed by atoms with Gasteiger partial charge < -0.3 is 19.7 Å². The quantitative estimate of drug-likeness (QED) is 0.595. The van der Waals surface area contributed by atoms with Crippen LogP contribution in [0.3, 0.4) is 0 Å². The summed E-state index contributed by atoms with van der Waals surface area (Å²) in [7, 11) is 0. The second-order valence-corrected chi connectivity index (χ2v) is 12.8. The van der Waals surface area contributed by atoms with Crippen molar-refractivity contribution in [2.75, 3.05) is 6.61 Å². The Morgan fingerprint density at radius 3 is 2.16 bits per heavy atom. The van der Waals surface area contributed by atoms with E-state index in [2.05, 4.69) is 20.8 Å². The first-order valence-corrected chi connectivity index (χ1v) is 11.7. The van der Waals surface area contributed by atoms with Crippen LogP contribution < -0.4 is 0 Å². The minimum absolute atomic E-state index is 0.0498. The number of carbonyl (C=O) groups is 2. The zero-order valence-electron chi connectivity index (χ0n) is 20.8. The number of hydrogen-bond donors (Lipinski definition) is 2. The number of ether oxygens (including phenoxy) is 2. The molecule has 2 bridgehead atoms. The van der Waals surface area contributed by atoms with E-state index in [9.17, 15) is 19.8 Å². The maximum absolute atomic E-state index is 12.8. The first kappa shape index (κ1) is 26.1. The molecule has 2 fully saturated rings. The summed E-state index contributed by atoms with van der Waals surface area (Å²) in [5.41, 5.74) is -3.36. The molecule has 0 saturated heterocycles. The molecule has 0 amide bonds. The van der Waals surface area contributed by atoms with E-state index < -0.39 is 29.4 Å². The van der Waals surface area contributed by atoms with Crippen LogP contribution in [0.4, 0.5) is 0 Å². The molecule has 0 aromatic heterocycles. The lowest BCUT2D eigenvalue weighted by molar-refractivity contribution is -0.229. The Bertz CT molecular complexity index is 674. The highest BCUT2D eigenvalue weighted by Gasteiger charge is 2.58. The predicted molar refractivity (Wildman–Crippen MR) is 119 cm³/mol. The second-order valence-electron chi connectivity index (χ2n) is 12.8. The van der Waals surface area contributed by atoms with Gasteiger partial charge in [0.05, 0.1) is 17.1 Å². The number of aliphatic hydroxyl groups is 2. The van der Waals surface area contributed by atoms with Crippen molar-refractivity contribution in [2.24, 2.45) is 22.7 Å². The molecule has 31 heavy (non-hydrogen) atoms. The van der Waals surface area contributed by atoms with Crippen LogP contribution in [0.5, 0.6) is 0 Å². The standard InChI is InChI=1S/C25H44O6/c1-9-23(28)14-24(29)10-17(2)11-25(15-23,16-24)31-19(26)13-30-20(27)18(22(6,7)8)12-21(3,4)5/h17-18,28-29H,9-16H2,1-8H3. The van der Waals surface area contributed by atoms with E-state index in [0.29, 0.717) is 44.9 Å². The van der Waals surface area contributed by atoms with Crippen molar-refractivity contribution in [1.29, 1.82) is 0 Å². The van der Waals surface area contributed by atoms with Gasteiger partial charge >= 0.3 is 11.9 Å². The highest BCUT2D eigenvalue weighted by molar-refractivity contribution is 5.78. The third-order valence-electron chi connectivity index (χ3n) is 6.88. The van der Waals surface area contributed by atoms with Crippen molar-refractivity contribution >= 4 is 11.9 Å². The van der Waals surface area contributed by atoms with Gasteiger partial charge in [-0.1, -0.05) is 55.4 Å². The molecular weight excluding hydrogens is 396 g/mol. The van der Waals surface area contributed by atoms with Crippen LogP contribution in [0.2, 0.25) is 0 Å². The summed E-state index contributed by atoms with van der Waals surface area (Å²) in [6.07, 6.45) is 3.24. The molecule has 2 rings (SSSR count). The summed E-state index contributed by atoms with van der Waals surface area (Å²) in [4.78, 5) is 25.5. The highest BCUT2D eigenvalue weighted by atomic mass is 16.6. The van der Waals surface area contributed by atoms with Crippen LogP contribution >= 0.6 is 0 Å². The normalized spacial score (nSPS) is 34.7. The van der Waals surface area contributed by atoms with Crippen LogP contribution in [0.1, 0.15) is 100 Å². The first-order chi connectivity index (χ1) is 13.9. The summed E-state index contributed by atoms with van der Waals surface area (Å²) in [6.45, 7) is 15.7. The maximum Gasteiger partial charge on any atom is 0.344 e. The molecule has 2 aliphatic rings. The van der Waals surface area contributed by atoms with E-state index in [0.717, 1.165) is 0 Å². The minimum Gasteiger partial charge on any atom is -0.456 e. The maximum atomic E-state index is 12.8. The lowest BCUT2D eigenvalue weighted by Crippen LogP contribution is -2.61. The van der Waals surface area contributed by atoms with Gasteiger partial charge in [-0.25, -0.2) is 4.79 Å². The summed E-state index contributed by atoms with van der Waals surface area (Å²) in [5.74, 6) is -1.17. The predicted octanol–water partition coefficient (Wildman–Crippen LogP) is 4.40. The molecule has 0 aliphatic heterocycles. The molecule has 6 heteroatoms. The molecule has 5 unspecified atom stereocenters. The Labute approximate surface area is 188 Å². The molecule has 0 aromatic carbocycles. The smallest absolute Gasteiger partial charge is 0.344 e. The Morgan fingerprint density at radius 1 is 1.03 bits per heavy atom. The fraction of sp³-hybridized carbons (Fsp3) is 0.920. The Morgan fingerprint density at radius 2 is 1.65 bits per heavy atom. The van der Waals surface area contributed by atoms with Gasteiger partial charge in [0.2, 0.25) is 0 Å². The van der Waals surface area contributed by atoms with Gasteiger partial charge in [-0.15, -0.1) is 0 Å². The van der Waals surface area contributed by atoms with Crippen LogP contribution in [-0.2, 0) is 19.1 Å². The van der Waals surface area contributed by atoms with Crippen molar-refractivity contribution in [2.45, 2.75) is 117 Å². The number of esters is 2.